The fraction of sp³-hybridized carbons (Fsp3) is 1.00. The normalized spacial score (nSPS) is 7.20. The summed E-state index contributed by atoms with van der Waals surface area (Å²) in [6.07, 6.45) is 0. The van der Waals surface area contributed by atoms with Gasteiger partial charge in [0, 0.05) is 27.3 Å². The Morgan fingerprint density at radius 3 is 1.00 bits per heavy atom. The molecule has 0 aliphatic heterocycles. The second kappa shape index (κ2) is 5.79. The monoisotopic (exact) mass is 323 g/mol. The zero-order chi connectivity index (χ0) is 3.58. The van der Waals surface area contributed by atoms with Gasteiger partial charge in [-0.2, -0.15) is 0 Å². The fourth-order valence-corrected chi connectivity index (χ4v) is 0. The molecule has 0 spiro atoms. The summed E-state index contributed by atoms with van der Waals surface area (Å²) in [7, 11) is 0. The van der Waals surface area contributed by atoms with E-state index in [-0.39, 0.29) is 27.3 Å². The summed E-state index contributed by atoms with van der Waals surface area (Å²) in [6, 6.07) is 0. The summed E-state index contributed by atoms with van der Waals surface area (Å²) < 4.78 is -0.750. The summed E-state index contributed by atoms with van der Waals surface area (Å²) >= 11 is 14.4. The first-order chi connectivity index (χ1) is 1.73. The smallest absolute Gasteiger partial charge is 0.0874 e. The Morgan fingerprint density at radius 2 is 1.00 bits per heavy atom. The third-order valence-corrected chi connectivity index (χ3v) is 0. The molecule has 29 valence electrons. The average molecular weight is 324 g/mol. The Labute approximate surface area is 65.9 Å². The molecule has 0 aliphatic rings. The maximum atomic E-state index is 4.81. The molecule has 0 saturated heterocycles. The maximum absolute atomic E-state index is 4.81. The van der Waals surface area contributed by atoms with Crippen LogP contribution in [0.3, 0.4) is 0 Å². The Kier molecular flexibility index (Phi) is 11.5. The molecule has 4 heteroatoms. The van der Waals surface area contributed by atoms with Crippen LogP contribution in [0.1, 0.15) is 0 Å². The van der Waals surface area contributed by atoms with E-state index in [2.05, 4.69) is 0 Å². The molecule has 0 fully saturated rings. The van der Waals surface area contributed by atoms with E-state index in [0.29, 0.717) is 0 Å². The van der Waals surface area contributed by atoms with E-state index in [1.807, 2.05) is 0 Å². The van der Waals surface area contributed by atoms with E-state index >= 15 is 0 Å². The second-order valence-electron chi connectivity index (χ2n) is 0.247. The van der Waals surface area contributed by atoms with Crippen molar-refractivity contribution in [3.63, 3.8) is 0 Å². The molecule has 0 heterocycles. The Morgan fingerprint density at radius 1 is 1.00 bits per heavy atom. The van der Waals surface area contributed by atoms with Gasteiger partial charge in [0.15, 0.2) is 4.30 Å². The minimum Gasteiger partial charge on any atom is -0.0874 e. The summed E-state index contributed by atoms with van der Waals surface area (Å²) in [4.78, 5) is 0. The van der Waals surface area contributed by atoms with E-state index in [9.17, 15) is 0 Å². The van der Waals surface area contributed by atoms with Crippen LogP contribution in [0.15, 0.2) is 0 Å². The van der Waals surface area contributed by atoms with Gasteiger partial charge in [-0.1, -0.05) is 34.8 Å². The summed E-state index contributed by atoms with van der Waals surface area (Å²) in [6.45, 7) is 0. The molecule has 1 radical (unpaired) electrons. The van der Waals surface area contributed by atoms with E-state index in [4.69, 9.17) is 34.8 Å². The summed E-state index contributed by atoms with van der Waals surface area (Å²) in [5, 5.41) is 0. The van der Waals surface area contributed by atoms with Crippen molar-refractivity contribution in [1.82, 2.24) is 0 Å². The molecule has 0 atom stereocenters. The van der Waals surface area contributed by atoms with E-state index in [0.717, 1.165) is 0 Å². The molecule has 0 aromatic rings. The molecule has 0 N–H and O–H groups in total. The predicted molar refractivity (Wildman–Crippen MR) is 27.1 cm³/mol. The van der Waals surface area contributed by atoms with Gasteiger partial charge in [0.2, 0.25) is 0 Å². The van der Waals surface area contributed by atoms with Crippen molar-refractivity contribution in [2.45, 2.75) is 4.30 Å². The van der Waals surface area contributed by atoms with E-state index in [1.165, 1.54) is 0 Å². The zero-order valence-corrected chi connectivity index (χ0v) is 9.05. The van der Waals surface area contributed by atoms with Gasteiger partial charge in [0.05, 0.1) is 0 Å². The Balaban J connectivity index is 0. The van der Waals surface area contributed by atoms with Crippen LogP contribution >= 0.6 is 34.8 Å². The van der Waals surface area contributed by atoms with Gasteiger partial charge < -0.3 is 0 Å². The Bertz CT molecular complexity index is 11.6. The fourth-order valence-electron chi connectivity index (χ4n) is 0. The van der Waals surface area contributed by atoms with Crippen molar-refractivity contribution in [3.8, 4) is 0 Å². The van der Waals surface area contributed by atoms with Crippen molar-refractivity contribution in [3.05, 3.63) is 0 Å². The van der Waals surface area contributed by atoms with Gasteiger partial charge in [0.1, 0.15) is 0 Å². The molecule has 0 amide bonds. The van der Waals surface area contributed by atoms with Crippen LogP contribution in [0.5, 0.6) is 0 Å². The molecule has 5 heavy (non-hydrogen) atoms. The van der Waals surface area contributed by atoms with Gasteiger partial charge in [0.25, 0.3) is 0 Å². The first-order valence-corrected chi connectivity index (χ1v) is 1.96. The maximum Gasteiger partial charge on any atom is 0.180 e. The van der Waals surface area contributed by atoms with Crippen LogP contribution in [0.25, 0.3) is 0 Å². The molecule has 0 nitrogen and oxygen atoms in total. The minimum atomic E-state index is -0.750. The van der Waals surface area contributed by atoms with Crippen LogP contribution in [0, 0.1) is 0 Å². The number of alkyl halides is 3. The Hall–Kier alpha value is 1.79. The number of rotatable bonds is 0. The molecule has 0 aliphatic carbocycles. The number of halogens is 3. The quantitative estimate of drug-likeness (QED) is 0.469. The summed E-state index contributed by atoms with van der Waals surface area (Å²) in [5.41, 5.74) is 0. The molecule has 0 bridgehead atoms. The molecule has 0 aromatic heterocycles. The third-order valence-electron chi connectivity index (χ3n) is 0. The first-order valence-electron chi connectivity index (χ1n) is 0.655. The molecule has 0 rings (SSSR count). The van der Waals surface area contributed by atoms with Crippen molar-refractivity contribution in [2.24, 2.45) is 0 Å². The topological polar surface area (TPSA) is 0 Å². The van der Waals surface area contributed by atoms with Gasteiger partial charge in [-0.3, -0.25) is 0 Å². The average Bonchev–Trinajstić information content (AvgIpc) is 0.811. The molecule has 0 unspecified atom stereocenters. The van der Waals surface area contributed by atoms with Crippen molar-refractivity contribution >= 4 is 62.1 Å². The number of hydrogen-bond acceptors (Lipinski definition) is 0. The van der Waals surface area contributed by atoms with Crippen molar-refractivity contribution in [1.29, 1.82) is 0 Å². The largest absolute Gasteiger partial charge is 0.180 e. The van der Waals surface area contributed by atoms with Gasteiger partial charge in [-0.25, -0.2) is 0 Å². The standard InChI is InChI=1S/CHCl3.Tl/c2-1(3)4;/h1H;. The molecular weight excluding hydrogens is 323 g/mol. The number of hydrogen-bond donors (Lipinski definition) is 0. The van der Waals surface area contributed by atoms with E-state index in [1.54, 1.807) is 0 Å². The predicted octanol–water partition coefficient (Wildman–Crippen LogP) is 1.61. The zero-order valence-electron chi connectivity index (χ0n) is 2.29. The van der Waals surface area contributed by atoms with Crippen molar-refractivity contribution < 1.29 is 0 Å². The first kappa shape index (κ1) is 9.92. The van der Waals surface area contributed by atoms with Crippen LogP contribution < -0.4 is 0 Å². The van der Waals surface area contributed by atoms with Crippen LogP contribution in [-0.4, -0.2) is 31.6 Å². The minimum absolute atomic E-state index is 0. The molecule has 0 aromatic carbocycles. The van der Waals surface area contributed by atoms with Gasteiger partial charge in [-0.15, -0.1) is 0 Å². The third kappa shape index (κ3) is 25.9. The van der Waals surface area contributed by atoms with Gasteiger partial charge >= 0.3 is 0 Å². The van der Waals surface area contributed by atoms with Crippen LogP contribution in [0.4, 0.5) is 0 Å². The SMILES string of the molecule is ClC(Cl)Cl.[Tl]. The van der Waals surface area contributed by atoms with Crippen molar-refractivity contribution in [2.75, 3.05) is 0 Å². The van der Waals surface area contributed by atoms with E-state index < -0.39 is 4.30 Å². The molecule has 0 saturated carbocycles. The second-order valence-corrected chi connectivity index (χ2v) is 2.23. The van der Waals surface area contributed by atoms with Gasteiger partial charge in [-0.05, 0) is 0 Å². The van der Waals surface area contributed by atoms with Crippen LogP contribution in [-0.2, 0) is 0 Å². The summed E-state index contributed by atoms with van der Waals surface area (Å²) in [5.74, 6) is 0. The molecular formula is CHCl3Tl. The van der Waals surface area contributed by atoms with Crippen LogP contribution in [0.2, 0.25) is 0 Å².